The number of ether oxygens (including phenoxy) is 2. The molecule has 2 heterocycles. The molecule has 0 bridgehead atoms. The van der Waals surface area contributed by atoms with Crippen LogP contribution < -0.4 is 4.74 Å². The van der Waals surface area contributed by atoms with Gasteiger partial charge in [0, 0.05) is 23.3 Å². The fraction of sp³-hybridized carbons (Fsp3) is 0.261. The Hall–Kier alpha value is -3.16. The zero-order valence-corrected chi connectivity index (χ0v) is 17.8. The molecular weight excluding hydrogens is 418 g/mol. The predicted molar refractivity (Wildman–Crippen MR) is 117 cm³/mol. The maximum Gasteiger partial charge on any atom is 0.254 e. The van der Waals surface area contributed by atoms with E-state index in [9.17, 15) is 9.59 Å². The number of morpholine rings is 1. The van der Waals surface area contributed by atoms with Crippen LogP contribution in [0.5, 0.6) is 5.75 Å². The largest absolute Gasteiger partial charge is 0.490 e. The van der Waals surface area contributed by atoms with Crippen LogP contribution in [-0.4, -0.2) is 59.2 Å². The molecule has 4 rings (SSSR count). The van der Waals surface area contributed by atoms with E-state index in [4.69, 9.17) is 21.1 Å². The Kier molecular flexibility index (Phi) is 6.34. The van der Waals surface area contributed by atoms with Crippen LogP contribution in [0.2, 0.25) is 5.02 Å². The van der Waals surface area contributed by atoms with Gasteiger partial charge in [0.1, 0.15) is 18.5 Å². The van der Waals surface area contributed by atoms with E-state index in [-0.39, 0.29) is 24.4 Å². The van der Waals surface area contributed by atoms with Crippen molar-refractivity contribution in [2.45, 2.75) is 13.0 Å². The van der Waals surface area contributed by atoms with Crippen molar-refractivity contribution in [3.05, 3.63) is 70.9 Å². The SMILES string of the molecule is CC(=O)c1cc(Cl)ccc1OCC1CN(C(=O)c2ccc(-c3ccn[nH]3)cc2)CCO1. The van der Waals surface area contributed by atoms with Gasteiger partial charge in [-0.15, -0.1) is 0 Å². The zero-order valence-electron chi connectivity index (χ0n) is 17.0. The number of ketones is 1. The van der Waals surface area contributed by atoms with Crippen LogP contribution in [0.1, 0.15) is 27.6 Å². The summed E-state index contributed by atoms with van der Waals surface area (Å²) in [6, 6.07) is 14.2. The number of halogens is 1. The third-order valence-corrected chi connectivity index (χ3v) is 5.35. The highest BCUT2D eigenvalue weighted by Crippen LogP contribution is 2.24. The Morgan fingerprint density at radius 3 is 2.74 bits per heavy atom. The number of nitrogens with one attached hydrogen (secondary N) is 1. The van der Waals surface area contributed by atoms with E-state index in [1.807, 2.05) is 30.3 Å². The molecule has 1 atom stereocenters. The van der Waals surface area contributed by atoms with E-state index >= 15 is 0 Å². The average Bonchev–Trinajstić information content (AvgIpc) is 3.33. The van der Waals surface area contributed by atoms with Gasteiger partial charge in [-0.2, -0.15) is 5.10 Å². The fourth-order valence-corrected chi connectivity index (χ4v) is 3.65. The van der Waals surface area contributed by atoms with E-state index < -0.39 is 0 Å². The molecule has 1 N–H and O–H groups in total. The lowest BCUT2D eigenvalue weighted by molar-refractivity contribution is -0.0401. The molecule has 1 amide bonds. The molecule has 1 unspecified atom stereocenters. The minimum atomic E-state index is -0.294. The molecule has 1 aliphatic rings. The van der Waals surface area contributed by atoms with Crippen LogP contribution in [0.25, 0.3) is 11.3 Å². The second-order valence-corrected chi connectivity index (χ2v) is 7.74. The number of rotatable bonds is 6. The highest BCUT2D eigenvalue weighted by atomic mass is 35.5. The Bertz CT molecular complexity index is 1070. The third-order valence-electron chi connectivity index (χ3n) is 5.12. The van der Waals surface area contributed by atoms with Gasteiger partial charge >= 0.3 is 0 Å². The van der Waals surface area contributed by atoms with Crippen molar-refractivity contribution in [3.8, 4) is 17.0 Å². The third kappa shape index (κ3) is 4.95. The molecule has 1 aromatic heterocycles. The second-order valence-electron chi connectivity index (χ2n) is 7.30. The summed E-state index contributed by atoms with van der Waals surface area (Å²) < 4.78 is 11.6. The molecule has 0 radical (unpaired) electrons. The Morgan fingerprint density at radius 1 is 1.23 bits per heavy atom. The van der Waals surface area contributed by atoms with E-state index in [0.717, 1.165) is 11.3 Å². The lowest BCUT2D eigenvalue weighted by atomic mass is 10.1. The maximum absolute atomic E-state index is 12.9. The molecule has 1 saturated heterocycles. The molecule has 8 heteroatoms. The number of carbonyl (C=O) groups is 2. The summed E-state index contributed by atoms with van der Waals surface area (Å²) in [6.07, 6.45) is 1.39. The molecule has 1 aliphatic heterocycles. The van der Waals surface area contributed by atoms with Crippen molar-refractivity contribution in [1.82, 2.24) is 15.1 Å². The number of H-pyrrole nitrogens is 1. The van der Waals surface area contributed by atoms with Gasteiger partial charge in [-0.3, -0.25) is 14.7 Å². The highest BCUT2D eigenvalue weighted by Gasteiger charge is 2.26. The lowest BCUT2D eigenvalue weighted by Crippen LogP contribution is -2.47. The Labute approximate surface area is 184 Å². The standard InChI is InChI=1S/C23H22ClN3O4/c1-15(28)20-12-18(24)6-7-22(20)31-14-19-13-27(10-11-30-19)23(29)17-4-2-16(3-5-17)21-8-9-25-26-21/h2-9,12,19H,10-11,13-14H2,1H3,(H,25,26). The van der Waals surface area contributed by atoms with Gasteiger partial charge in [0.05, 0.1) is 24.4 Å². The zero-order chi connectivity index (χ0) is 21.8. The summed E-state index contributed by atoms with van der Waals surface area (Å²) in [5, 5.41) is 7.33. The van der Waals surface area contributed by atoms with E-state index in [2.05, 4.69) is 10.2 Å². The van der Waals surface area contributed by atoms with Gasteiger partial charge in [0.15, 0.2) is 5.78 Å². The second kappa shape index (κ2) is 9.32. The van der Waals surface area contributed by atoms with Gasteiger partial charge < -0.3 is 14.4 Å². The molecule has 0 saturated carbocycles. The smallest absolute Gasteiger partial charge is 0.254 e. The minimum absolute atomic E-state index is 0.0552. The summed E-state index contributed by atoms with van der Waals surface area (Å²) in [5.74, 6) is 0.274. The summed E-state index contributed by atoms with van der Waals surface area (Å²) in [4.78, 5) is 26.5. The van der Waals surface area contributed by atoms with E-state index in [0.29, 0.717) is 41.6 Å². The number of hydrogen-bond acceptors (Lipinski definition) is 5. The monoisotopic (exact) mass is 439 g/mol. The lowest BCUT2D eigenvalue weighted by Gasteiger charge is -2.33. The van der Waals surface area contributed by atoms with Crippen LogP contribution in [0.15, 0.2) is 54.7 Å². The number of nitrogens with zero attached hydrogens (tertiary/aromatic N) is 2. The number of aromatic amines is 1. The van der Waals surface area contributed by atoms with Crippen molar-refractivity contribution in [2.75, 3.05) is 26.3 Å². The predicted octanol–water partition coefficient (Wildman–Crippen LogP) is 3.85. The number of Topliss-reactive ketones (excluding diaryl/α,β-unsaturated/α-hetero) is 1. The van der Waals surface area contributed by atoms with Gasteiger partial charge in [-0.1, -0.05) is 23.7 Å². The molecule has 0 aliphatic carbocycles. The van der Waals surface area contributed by atoms with Crippen LogP contribution in [0.3, 0.4) is 0 Å². The average molecular weight is 440 g/mol. The maximum atomic E-state index is 12.9. The van der Waals surface area contributed by atoms with Gasteiger partial charge in [0.25, 0.3) is 5.91 Å². The molecule has 1 fully saturated rings. The van der Waals surface area contributed by atoms with Crippen LogP contribution >= 0.6 is 11.6 Å². The fourth-order valence-electron chi connectivity index (χ4n) is 3.48. The first-order valence-corrected chi connectivity index (χ1v) is 10.3. The van der Waals surface area contributed by atoms with Crippen molar-refractivity contribution in [3.63, 3.8) is 0 Å². The van der Waals surface area contributed by atoms with Gasteiger partial charge in [0.2, 0.25) is 0 Å². The Morgan fingerprint density at radius 2 is 2.03 bits per heavy atom. The van der Waals surface area contributed by atoms with E-state index in [1.54, 1.807) is 29.3 Å². The first-order valence-electron chi connectivity index (χ1n) is 9.95. The number of hydrogen-bond donors (Lipinski definition) is 1. The molecule has 0 spiro atoms. The summed E-state index contributed by atoms with van der Waals surface area (Å²) >= 11 is 5.98. The van der Waals surface area contributed by atoms with Crippen molar-refractivity contribution < 1.29 is 19.1 Å². The molecular formula is C23H22ClN3O4. The quantitative estimate of drug-likeness (QED) is 0.589. The summed E-state index contributed by atoms with van der Waals surface area (Å²) in [6.45, 7) is 3.03. The normalized spacial score (nSPS) is 16.2. The number of amides is 1. The number of aromatic nitrogens is 2. The molecule has 31 heavy (non-hydrogen) atoms. The first-order chi connectivity index (χ1) is 15.0. The van der Waals surface area contributed by atoms with Crippen molar-refractivity contribution >= 4 is 23.3 Å². The minimum Gasteiger partial charge on any atom is -0.490 e. The topological polar surface area (TPSA) is 84.5 Å². The van der Waals surface area contributed by atoms with Crippen LogP contribution in [0, 0.1) is 0 Å². The van der Waals surface area contributed by atoms with Gasteiger partial charge in [-0.05, 0) is 48.9 Å². The first kappa shape index (κ1) is 21.1. The van der Waals surface area contributed by atoms with Crippen molar-refractivity contribution in [1.29, 1.82) is 0 Å². The van der Waals surface area contributed by atoms with Gasteiger partial charge in [-0.25, -0.2) is 0 Å². The van der Waals surface area contributed by atoms with Crippen LogP contribution in [-0.2, 0) is 4.74 Å². The summed E-state index contributed by atoms with van der Waals surface area (Å²) in [5.41, 5.74) is 2.90. The number of carbonyl (C=O) groups excluding carboxylic acids is 2. The van der Waals surface area contributed by atoms with E-state index in [1.165, 1.54) is 6.92 Å². The summed E-state index contributed by atoms with van der Waals surface area (Å²) in [7, 11) is 0. The molecule has 7 nitrogen and oxygen atoms in total. The highest BCUT2D eigenvalue weighted by molar-refractivity contribution is 6.31. The van der Waals surface area contributed by atoms with Crippen LogP contribution in [0.4, 0.5) is 0 Å². The molecule has 3 aromatic rings. The Balaban J connectivity index is 1.38. The molecule has 2 aromatic carbocycles. The molecule has 160 valence electrons. The number of benzene rings is 2. The van der Waals surface area contributed by atoms with Crippen molar-refractivity contribution in [2.24, 2.45) is 0 Å².